The van der Waals surface area contributed by atoms with Gasteiger partial charge in [-0.2, -0.15) is 13.2 Å². The fraction of sp³-hybridized carbons (Fsp3) is 0.188. The molecule has 26 heavy (non-hydrogen) atoms. The zero-order valence-corrected chi connectivity index (χ0v) is 12.6. The lowest BCUT2D eigenvalue weighted by Crippen LogP contribution is -2.17. The number of halogens is 6. The van der Waals surface area contributed by atoms with E-state index in [4.69, 9.17) is 5.11 Å². The molecule has 0 amide bonds. The van der Waals surface area contributed by atoms with Crippen LogP contribution in [0.3, 0.4) is 0 Å². The minimum atomic E-state index is -4.94. The Bertz CT molecular complexity index is 796. The molecule has 0 heterocycles. The Balaban J connectivity index is 2.43. The highest BCUT2D eigenvalue weighted by Crippen LogP contribution is 2.38. The number of alkyl halides is 6. The summed E-state index contributed by atoms with van der Waals surface area (Å²) in [5.41, 5.74) is -2.09. The van der Waals surface area contributed by atoms with Crippen LogP contribution in [0.2, 0.25) is 0 Å². The first kappa shape index (κ1) is 19.6. The first-order valence-corrected chi connectivity index (χ1v) is 6.86. The molecular formula is C16H10F6O4. The van der Waals surface area contributed by atoms with E-state index in [9.17, 15) is 36.2 Å². The largest absolute Gasteiger partial charge is 0.573 e. The van der Waals surface area contributed by atoms with Gasteiger partial charge < -0.3 is 14.9 Å². The fourth-order valence-electron chi connectivity index (χ4n) is 2.20. The van der Waals surface area contributed by atoms with Crippen LogP contribution >= 0.6 is 0 Å². The molecule has 0 saturated heterocycles. The van der Waals surface area contributed by atoms with E-state index in [0.717, 1.165) is 36.4 Å². The molecule has 0 bridgehead atoms. The molecule has 0 fully saturated rings. The minimum Gasteiger partial charge on any atom is -0.479 e. The number of rotatable bonds is 4. The molecule has 0 radical (unpaired) electrons. The summed E-state index contributed by atoms with van der Waals surface area (Å²) in [6.45, 7) is 0. The van der Waals surface area contributed by atoms with E-state index in [1.165, 1.54) is 0 Å². The van der Waals surface area contributed by atoms with E-state index in [-0.39, 0.29) is 11.1 Å². The number of benzene rings is 2. The number of hydrogen-bond donors (Lipinski definition) is 2. The highest BCUT2D eigenvalue weighted by Gasteiger charge is 2.37. The topological polar surface area (TPSA) is 66.8 Å². The van der Waals surface area contributed by atoms with Gasteiger partial charge in [-0.25, -0.2) is 4.79 Å². The number of ether oxygens (including phenoxy) is 1. The first-order valence-electron chi connectivity index (χ1n) is 6.86. The molecule has 0 aliphatic carbocycles. The third-order valence-corrected chi connectivity index (χ3v) is 3.31. The van der Waals surface area contributed by atoms with E-state index >= 15 is 0 Å². The van der Waals surface area contributed by atoms with Crippen LogP contribution in [0.4, 0.5) is 26.3 Å². The fourth-order valence-corrected chi connectivity index (χ4v) is 2.20. The van der Waals surface area contributed by atoms with E-state index in [1.54, 1.807) is 0 Å². The number of aliphatic carboxylic acids is 1. The van der Waals surface area contributed by atoms with Crippen molar-refractivity contribution in [2.75, 3.05) is 0 Å². The van der Waals surface area contributed by atoms with Gasteiger partial charge in [0.05, 0.1) is 5.56 Å². The van der Waals surface area contributed by atoms with Crippen LogP contribution in [-0.2, 0) is 11.0 Å². The summed E-state index contributed by atoms with van der Waals surface area (Å²) in [6, 6.07) is 6.62. The molecule has 2 aromatic carbocycles. The van der Waals surface area contributed by atoms with Crippen molar-refractivity contribution in [1.29, 1.82) is 0 Å². The Labute approximate surface area is 142 Å². The summed E-state index contributed by atoms with van der Waals surface area (Å²) in [5, 5.41) is 18.1. The van der Waals surface area contributed by atoms with Gasteiger partial charge in [-0.3, -0.25) is 0 Å². The lowest BCUT2D eigenvalue weighted by molar-refractivity contribution is -0.274. The summed E-state index contributed by atoms with van der Waals surface area (Å²) < 4.78 is 79.5. The van der Waals surface area contributed by atoms with Crippen LogP contribution in [0.15, 0.2) is 42.5 Å². The van der Waals surface area contributed by atoms with Gasteiger partial charge >= 0.3 is 18.5 Å². The molecule has 1 unspecified atom stereocenters. The molecule has 0 aliphatic rings. The smallest absolute Gasteiger partial charge is 0.479 e. The van der Waals surface area contributed by atoms with Crippen molar-refractivity contribution >= 4 is 5.97 Å². The summed E-state index contributed by atoms with van der Waals surface area (Å²) in [5.74, 6) is -2.40. The van der Waals surface area contributed by atoms with Crippen LogP contribution < -0.4 is 4.74 Å². The molecule has 0 aromatic heterocycles. The normalized spacial score (nSPS) is 13.3. The molecule has 140 valence electrons. The molecular weight excluding hydrogens is 370 g/mol. The van der Waals surface area contributed by atoms with E-state index in [1.807, 2.05) is 0 Å². The van der Waals surface area contributed by atoms with E-state index in [0.29, 0.717) is 6.07 Å². The average molecular weight is 380 g/mol. The number of carboxylic acid groups (broad SMARTS) is 1. The number of aliphatic hydroxyl groups excluding tert-OH is 1. The highest BCUT2D eigenvalue weighted by molar-refractivity contribution is 5.76. The highest BCUT2D eigenvalue weighted by atomic mass is 19.4. The molecule has 2 aromatic rings. The molecule has 2 N–H and O–H groups in total. The van der Waals surface area contributed by atoms with E-state index in [2.05, 4.69) is 4.74 Å². The molecule has 0 spiro atoms. The Kier molecular flexibility index (Phi) is 5.17. The monoisotopic (exact) mass is 380 g/mol. The Morgan fingerprint density at radius 2 is 1.46 bits per heavy atom. The van der Waals surface area contributed by atoms with Crippen molar-refractivity contribution in [2.24, 2.45) is 0 Å². The average Bonchev–Trinajstić information content (AvgIpc) is 2.52. The predicted octanol–water partition coefficient (Wildman–Crippen LogP) is 4.39. The third kappa shape index (κ3) is 4.66. The lowest BCUT2D eigenvalue weighted by atomic mass is 9.96. The van der Waals surface area contributed by atoms with Gasteiger partial charge in [0.25, 0.3) is 0 Å². The number of hydrogen-bond acceptors (Lipinski definition) is 3. The molecule has 1 atom stereocenters. The van der Waals surface area contributed by atoms with Crippen LogP contribution in [0, 0.1) is 0 Å². The Morgan fingerprint density at radius 3 is 1.92 bits per heavy atom. The van der Waals surface area contributed by atoms with Gasteiger partial charge in [-0.1, -0.05) is 24.3 Å². The van der Waals surface area contributed by atoms with Crippen molar-refractivity contribution in [2.45, 2.75) is 18.6 Å². The van der Waals surface area contributed by atoms with E-state index < -0.39 is 41.5 Å². The Morgan fingerprint density at radius 1 is 0.923 bits per heavy atom. The maximum absolute atomic E-state index is 13.2. The molecule has 0 aliphatic heterocycles. The second-order valence-corrected chi connectivity index (χ2v) is 5.11. The second kappa shape index (κ2) is 6.87. The van der Waals surface area contributed by atoms with Crippen molar-refractivity contribution in [3.05, 3.63) is 53.6 Å². The van der Waals surface area contributed by atoms with Gasteiger partial charge in [0.1, 0.15) is 5.75 Å². The molecule has 0 saturated carbocycles. The second-order valence-electron chi connectivity index (χ2n) is 5.11. The third-order valence-electron chi connectivity index (χ3n) is 3.31. The van der Waals surface area contributed by atoms with Crippen molar-refractivity contribution in [3.8, 4) is 16.9 Å². The number of carboxylic acids is 1. The predicted molar refractivity (Wildman–Crippen MR) is 76.2 cm³/mol. The van der Waals surface area contributed by atoms with Crippen molar-refractivity contribution in [3.63, 3.8) is 0 Å². The van der Waals surface area contributed by atoms with Crippen LogP contribution in [0.25, 0.3) is 11.1 Å². The molecule has 4 nitrogen and oxygen atoms in total. The van der Waals surface area contributed by atoms with Gasteiger partial charge in [0.2, 0.25) is 0 Å². The maximum Gasteiger partial charge on any atom is 0.573 e. The van der Waals surface area contributed by atoms with Crippen LogP contribution in [0.5, 0.6) is 5.75 Å². The van der Waals surface area contributed by atoms with Crippen molar-refractivity contribution < 1.29 is 46.1 Å². The van der Waals surface area contributed by atoms with Gasteiger partial charge in [-0.05, 0) is 29.3 Å². The standard InChI is InChI=1S/C16H10F6O4/c17-15(18,19)12-7-9(3-6-11(12)13(23)14(24)25)8-1-4-10(5-2-8)26-16(20,21)22/h1-7,13,23H,(H,24,25). The zero-order valence-electron chi connectivity index (χ0n) is 12.6. The summed E-state index contributed by atoms with van der Waals surface area (Å²) in [4.78, 5) is 10.8. The van der Waals surface area contributed by atoms with Crippen LogP contribution in [-0.4, -0.2) is 22.5 Å². The summed E-state index contributed by atoms with van der Waals surface area (Å²) >= 11 is 0. The van der Waals surface area contributed by atoms with Gasteiger partial charge in [-0.15, -0.1) is 13.2 Å². The summed E-state index contributed by atoms with van der Waals surface area (Å²) in [7, 11) is 0. The lowest BCUT2D eigenvalue weighted by Gasteiger charge is -2.17. The van der Waals surface area contributed by atoms with Crippen LogP contribution in [0.1, 0.15) is 17.2 Å². The van der Waals surface area contributed by atoms with Crippen molar-refractivity contribution in [1.82, 2.24) is 0 Å². The van der Waals surface area contributed by atoms with Gasteiger partial charge in [0, 0.05) is 5.56 Å². The zero-order chi connectivity index (χ0) is 19.7. The Hall–Kier alpha value is -2.75. The molecule has 10 heteroatoms. The molecule has 2 rings (SSSR count). The minimum absolute atomic E-state index is 0.0303. The quantitative estimate of drug-likeness (QED) is 0.773. The number of carbonyl (C=O) groups is 1. The maximum atomic E-state index is 13.2. The first-order chi connectivity index (χ1) is 11.9. The van der Waals surface area contributed by atoms with Gasteiger partial charge in [0.15, 0.2) is 6.10 Å². The number of aliphatic hydroxyl groups is 1. The summed E-state index contributed by atoms with van der Waals surface area (Å²) in [6.07, 6.45) is -12.2. The SMILES string of the molecule is O=C(O)C(O)c1ccc(-c2ccc(OC(F)(F)F)cc2)cc1C(F)(F)F.